The van der Waals surface area contributed by atoms with Crippen LogP contribution >= 0.6 is 11.6 Å². The summed E-state index contributed by atoms with van der Waals surface area (Å²) in [6.45, 7) is 1.90. The molecule has 0 radical (unpaired) electrons. The lowest BCUT2D eigenvalue weighted by Gasteiger charge is -2.14. The van der Waals surface area contributed by atoms with Crippen LogP contribution in [0.3, 0.4) is 0 Å². The Hall–Kier alpha value is -1.71. The molecule has 1 rings (SSSR count). The smallest absolute Gasteiger partial charge is 0.302 e. The molecular formula is C12H14ClN3O2. The van der Waals surface area contributed by atoms with Gasteiger partial charge in [-0.1, -0.05) is 28.8 Å². The van der Waals surface area contributed by atoms with Crippen molar-refractivity contribution in [2.75, 3.05) is 13.2 Å². The molecule has 0 aliphatic rings. The van der Waals surface area contributed by atoms with Crippen molar-refractivity contribution in [3.63, 3.8) is 0 Å². The summed E-state index contributed by atoms with van der Waals surface area (Å²) in [4.78, 5) is 13.5. The Morgan fingerprint density at radius 1 is 1.50 bits per heavy atom. The number of hydrogen-bond donors (Lipinski definition) is 0. The molecule has 0 saturated heterocycles. The molecule has 0 aliphatic heterocycles. The number of ether oxygens (including phenoxy) is 1. The van der Waals surface area contributed by atoms with Gasteiger partial charge in [-0.15, -0.1) is 0 Å². The maximum Gasteiger partial charge on any atom is 0.302 e. The van der Waals surface area contributed by atoms with E-state index in [1.54, 1.807) is 12.1 Å². The molecule has 0 fully saturated rings. The predicted octanol–water partition coefficient (Wildman–Crippen LogP) is 3.37. The normalized spacial score (nSPS) is 11.4. The molecule has 0 aliphatic carbocycles. The molecule has 18 heavy (non-hydrogen) atoms. The quantitative estimate of drug-likeness (QED) is 0.343. The van der Waals surface area contributed by atoms with Gasteiger partial charge in [-0.05, 0) is 29.6 Å². The fraction of sp³-hybridized carbons (Fsp3) is 0.417. The topological polar surface area (TPSA) is 75.1 Å². The summed E-state index contributed by atoms with van der Waals surface area (Å²) in [5, 5.41) is 4.20. The van der Waals surface area contributed by atoms with E-state index in [0.29, 0.717) is 18.0 Å². The van der Waals surface area contributed by atoms with Gasteiger partial charge >= 0.3 is 5.97 Å². The second-order valence-corrected chi connectivity index (χ2v) is 4.35. The molecule has 0 N–H and O–H groups in total. The maximum atomic E-state index is 10.8. The molecule has 1 aromatic carbocycles. The Labute approximate surface area is 110 Å². The minimum atomic E-state index is -0.336. The van der Waals surface area contributed by atoms with Gasteiger partial charge in [-0.3, -0.25) is 4.79 Å². The van der Waals surface area contributed by atoms with Crippen LogP contribution in [0, 0.1) is 5.92 Å². The SMILES string of the molecule is CC(=O)OCC(CN=[N+]=[N-])Cc1ccc(Cl)cc1. The molecule has 0 saturated carbocycles. The first kappa shape index (κ1) is 14.4. The average molecular weight is 268 g/mol. The van der Waals surface area contributed by atoms with Crippen molar-refractivity contribution in [2.45, 2.75) is 13.3 Å². The van der Waals surface area contributed by atoms with Gasteiger partial charge in [-0.2, -0.15) is 0 Å². The monoisotopic (exact) mass is 267 g/mol. The van der Waals surface area contributed by atoms with E-state index >= 15 is 0 Å². The van der Waals surface area contributed by atoms with Crippen molar-refractivity contribution in [3.8, 4) is 0 Å². The maximum absolute atomic E-state index is 10.8. The number of halogens is 1. The van der Waals surface area contributed by atoms with Gasteiger partial charge in [0.15, 0.2) is 0 Å². The Morgan fingerprint density at radius 3 is 2.72 bits per heavy atom. The molecule has 0 heterocycles. The first-order valence-electron chi connectivity index (χ1n) is 5.50. The molecule has 1 atom stereocenters. The van der Waals surface area contributed by atoms with Crippen LogP contribution in [0.1, 0.15) is 12.5 Å². The number of azide groups is 1. The second-order valence-electron chi connectivity index (χ2n) is 3.91. The largest absolute Gasteiger partial charge is 0.466 e. The van der Waals surface area contributed by atoms with E-state index in [4.69, 9.17) is 21.9 Å². The third-order valence-electron chi connectivity index (χ3n) is 2.36. The standard InChI is InChI=1S/C12H14ClN3O2/c1-9(17)18-8-11(7-15-16-14)6-10-2-4-12(13)5-3-10/h2-5,11H,6-8H2,1H3. The zero-order chi connectivity index (χ0) is 13.4. The molecule has 0 bridgehead atoms. The summed E-state index contributed by atoms with van der Waals surface area (Å²) in [5.41, 5.74) is 9.39. The van der Waals surface area contributed by atoms with Crippen molar-refractivity contribution in [3.05, 3.63) is 45.3 Å². The molecular weight excluding hydrogens is 254 g/mol. The highest BCUT2D eigenvalue weighted by Gasteiger charge is 2.11. The molecule has 0 aromatic heterocycles. The highest BCUT2D eigenvalue weighted by atomic mass is 35.5. The lowest BCUT2D eigenvalue weighted by molar-refractivity contribution is -0.142. The minimum Gasteiger partial charge on any atom is -0.466 e. The van der Waals surface area contributed by atoms with E-state index in [2.05, 4.69) is 10.0 Å². The third kappa shape index (κ3) is 5.57. The Balaban J connectivity index is 2.61. The Kier molecular flexibility index (Phi) is 6.05. The van der Waals surface area contributed by atoms with Crippen molar-refractivity contribution in [2.24, 2.45) is 11.0 Å². The number of esters is 1. The summed E-state index contributed by atoms with van der Waals surface area (Å²) in [7, 11) is 0. The summed E-state index contributed by atoms with van der Waals surface area (Å²) in [5.74, 6) is -0.358. The number of hydrogen-bond acceptors (Lipinski definition) is 3. The molecule has 6 heteroatoms. The van der Waals surface area contributed by atoms with E-state index in [0.717, 1.165) is 5.56 Å². The second kappa shape index (κ2) is 7.58. The fourth-order valence-corrected chi connectivity index (χ4v) is 1.64. The van der Waals surface area contributed by atoms with E-state index in [9.17, 15) is 4.79 Å². The van der Waals surface area contributed by atoms with Crippen molar-refractivity contribution in [1.82, 2.24) is 0 Å². The Morgan fingerprint density at radius 2 is 2.17 bits per heavy atom. The molecule has 1 unspecified atom stereocenters. The molecule has 0 amide bonds. The van der Waals surface area contributed by atoms with Crippen molar-refractivity contribution < 1.29 is 9.53 Å². The van der Waals surface area contributed by atoms with Gasteiger partial charge in [-0.25, -0.2) is 0 Å². The summed E-state index contributed by atoms with van der Waals surface area (Å²) in [6.07, 6.45) is 0.670. The van der Waals surface area contributed by atoms with E-state index < -0.39 is 0 Å². The summed E-state index contributed by atoms with van der Waals surface area (Å²) < 4.78 is 4.95. The van der Waals surface area contributed by atoms with Gasteiger partial charge in [0.25, 0.3) is 0 Å². The van der Waals surface area contributed by atoms with Gasteiger partial charge in [0, 0.05) is 29.3 Å². The Bertz CT molecular complexity index is 441. The minimum absolute atomic E-state index is 0.0222. The highest BCUT2D eigenvalue weighted by Crippen LogP contribution is 2.14. The van der Waals surface area contributed by atoms with Gasteiger partial charge < -0.3 is 4.74 Å². The predicted molar refractivity (Wildman–Crippen MR) is 69.3 cm³/mol. The summed E-state index contributed by atoms with van der Waals surface area (Å²) >= 11 is 5.80. The van der Waals surface area contributed by atoms with Gasteiger partial charge in [0.05, 0.1) is 6.61 Å². The zero-order valence-electron chi connectivity index (χ0n) is 10.0. The molecule has 5 nitrogen and oxygen atoms in total. The number of carbonyl (C=O) groups excluding carboxylic acids is 1. The number of carbonyl (C=O) groups is 1. The zero-order valence-corrected chi connectivity index (χ0v) is 10.8. The van der Waals surface area contributed by atoms with Crippen LogP contribution in [0.15, 0.2) is 29.4 Å². The van der Waals surface area contributed by atoms with Crippen LogP contribution in [-0.2, 0) is 16.0 Å². The molecule has 96 valence electrons. The van der Waals surface area contributed by atoms with Crippen molar-refractivity contribution in [1.29, 1.82) is 0 Å². The number of benzene rings is 1. The number of nitrogens with zero attached hydrogens (tertiary/aromatic N) is 3. The van der Waals surface area contributed by atoms with E-state index in [1.165, 1.54) is 6.92 Å². The lowest BCUT2D eigenvalue weighted by Crippen LogP contribution is -2.17. The fourth-order valence-electron chi connectivity index (χ4n) is 1.52. The van der Waals surface area contributed by atoms with Gasteiger partial charge in [0.1, 0.15) is 0 Å². The van der Waals surface area contributed by atoms with Crippen LogP contribution in [-0.4, -0.2) is 19.1 Å². The highest BCUT2D eigenvalue weighted by molar-refractivity contribution is 6.30. The molecule has 0 spiro atoms. The first-order valence-corrected chi connectivity index (χ1v) is 5.88. The van der Waals surface area contributed by atoms with Crippen molar-refractivity contribution >= 4 is 17.6 Å². The van der Waals surface area contributed by atoms with Crippen LogP contribution in [0.5, 0.6) is 0 Å². The van der Waals surface area contributed by atoms with Crippen LogP contribution in [0.25, 0.3) is 10.4 Å². The third-order valence-corrected chi connectivity index (χ3v) is 2.62. The average Bonchev–Trinajstić information content (AvgIpc) is 2.35. The molecule has 1 aromatic rings. The van der Waals surface area contributed by atoms with Crippen LogP contribution in [0.4, 0.5) is 0 Å². The van der Waals surface area contributed by atoms with E-state index in [-0.39, 0.29) is 18.5 Å². The van der Waals surface area contributed by atoms with Gasteiger partial charge in [0.2, 0.25) is 0 Å². The lowest BCUT2D eigenvalue weighted by atomic mass is 10.0. The summed E-state index contributed by atoms with van der Waals surface area (Å²) in [6, 6.07) is 7.40. The first-order chi connectivity index (χ1) is 8.61. The number of rotatable bonds is 6. The van der Waals surface area contributed by atoms with Crippen LogP contribution in [0.2, 0.25) is 5.02 Å². The van der Waals surface area contributed by atoms with E-state index in [1.807, 2.05) is 12.1 Å². The van der Waals surface area contributed by atoms with Crippen LogP contribution < -0.4 is 0 Å².